The Morgan fingerprint density at radius 3 is 2.29 bits per heavy atom. The number of carbonyl (C=O) groups is 2. The quantitative estimate of drug-likeness (QED) is 0.755. The summed E-state index contributed by atoms with van der Waals surface area (Å²) in [6.45, 7) is 6.80. The number of likely N-dealkylation sites (tertiary alicyclic amines) is 1. The zero-order chi connectivity index (χ0) is 13.2. The predicted molar refractivity (Wildman–Crippen MR) is 64.6 cm³/mol. The first-order valence-electron chi connectivity index (χ1n) is 6.04. The maximum Gasteiger partial charge on any atom is 0.311 e. The number of likely N-dealkylation sites (N-methyl/N-ethyl adjacent to an activating group) is 1. The lowest BCUT2D eigenvalue weighted by molar-refractivity contribution is -0.151. The first kappa shape index (κ1) is 14.0. The summed E-state index contributed by atoms with van der Waals surface area (Å²) >= 11 is 0. The van der Waals surface area contributed by atoms with Crippen LogP contribution in [0, 0.1) is 11.3 Å². The van der Waals surface area contributed by atoms with E-state index in [2.05, 4.69) is 5.32 Å². The van der Waals surface area contributed by atoms with Crippen molar-refractivity contribution in [2.45, 2.75) is 33.2 Å². The number of nitrogens with one attached hydrogen (secondary N) is 1. The van der Waals surface area contributed by atoms with Crippen LogP contribution in [0.2, 0.25) is 0 Å². The third kappa shape index (κ3) is 2.44. The molecule has 0 radical (unpaired) electrons. The highest BCUT2D eigenvalue weighted by Gasteiger charge is 2.48. The largest absolute Gasteiger partial charge is 0.481 e. The molecule has 1 rings (SSSR count). The van der Waals surface area contributed by atoms with E-state index in [-0.39, 0.29) is 17.9 Å². The molecule has 1 saturated heterocycles. The molecule has 5 heteroatoms. The third-order valence-corrected chi connectivity index (χ3v) is 4.04. The van der Waals surface area contributed by atoms with E-state index in [0.717, 1.165) is 0 Å². The van der Waals surface area contributed by atoms with Crippen LogP contribution in [-0.2, 0) is 9.59 Å². The minimum Gasteiger partial charge on any atom is -0.481 e. The number of amides is 1. The van der Waals surface area contributed by atoms with Gasteiger partial charge >= 0.3 is 5.97 Å². The molecule has 0 spiro atoms. The highest BCUT2D eigenvalue weighted by atomic mass is 16.4. The van der Waals surface area contributed by atoms with Crippen molar-refractivity contribution < 1.29 is 14.7 Å². The van der Waals surface area contributed by atoms with Crippen LogP contribution in [0.1, 0.15) is 27.2 Å². The molecular weight excluding hydrogens is 220 g/mol. The number of carbonyl (C=O) groups excluding carboxylic acids is 1. The lowest BCUT2D eigenvalue weighted by atomic mass is 9.76. The number of carboxylic acid groups (broad SMARTS) is 1. The molecule has 1 amide bonds. The Morgan fingerprint density at radius 2 is 1.94 bits per heavy atom. The molecule has 2 atom stereocenters. The molecule has 1 heterocycles. The molecule has 2 N–H and O–H groups in total. The summed E-state index contributed by atoms with van der Waals surface area (Å²) in [5, 5.41) is 12.0. The topological polar surface area (TPSA) is 69.6 Å². The van der Waals surface area contributed by atoms with Gasteiger partial charge in [0.05, 0.1) is 11.5 Å². The van der Waals surface area contributed by atoms with E-state index in [1.54, 1.807) is 7.05 Å². The maximum atomic E-state index is 11.5. The van der Waals surface area contributed by atoms with E-state index in [9.17, 15) is 14.7 Å². The molecule has 0 aromatic heterocycles. The fraction of sp³-hybridized carbons (Fsp3) is 0.833. The van der Waals surface area contributed by atoms with Crippen LogP contribution in [0.5, 0.6) is 0 Å². The molecule has 1 fully saturated rings. The summed E-state index contributed by atoms with van der Waals surface area (Å²) in [6, 6.07) is -0.264. The average molecular weight is 242 g/mol. The van der Waals surface area contributed by atoms with E-state index in [4.69, 9.17) is 0 Å². The average Bonchev–Trinajstić information content (AvgIpc) is 2.73. The van der Waals surface area contributed by atoms with Crippen molar-refractivity contribution in [2.75, 3.05) is 20.1 Å². The standard InChI is InChI=1S/C12H22N2O3/c1-8(2)12(11(16)17)5-6-14(7-12)9(3)10(15)13-4/h8-9H,5-7H2,1-4H3,(H,13,15)(H,16,17). The second-order valence-corrected chi connectivity index (χ2v) is 5.13. The Bertz CT molecular complexity index is 317. The molecule has 2 unspecified atom stereocenters. The van der Waals surface area contributed by atoms with Crippen molar-refractivity contribution in [2.24, 2.45) is 11.3 Å². The van der Waals surface area contributed by atoms with Crippen molar-refractivity contribution in [1.82, 2.24) is 10.2 Å². The Labute approximate surface area is 102 Å². The van der Waals surface area contributed by atoms with Crippen molar-refractivity contribution in [3.63, 3.8) is 0 Å². The first-order chi connectivity index (χ1) is 7.85. The zero-order valence-electron chi connectivity index (χ0n) is 11.0. The van der Waals surface area contributed by atoms with Crippen LogP contribution >= 0.6 is 0 Å². The van der Waals surface area contributed by atoms with Crippen molar-refractivity contribution >= 4 is 11.9 Å². The Balaban J connectivity index is 2.80. The van der Waals surface area contributed by atoms with Gasteiger partial charge in [-0.2, -0.15) is 0 Å². The van der Waals surface area contributed by atoms with Crippen LogP contribution in [0.25, 0.3) is 0 Å². The van der Waals surface area contributed by atoms with E-state index in [1.165, 1.54) is 0 Å². The molecule has 1 aliphatic heterocycles. The summed E-state index contributed by atoms with van der Waals surface area (Å²) in [7, 11) is 1.60. The minimum absolute atomic E-state index is 0.0602. The number of hydrogen-bond donors (Lipinski definition) is 2. The van der Waals surface area contributed by atoms with E-state index < -0.39 is 11.4 Å². The summed E-state index contributed by atoms with van der Waals surface area (Å²) in [5.41, 5.74) is -0.706. The molecule has 1 aliphatic rings. The molecule has 0 saturated carbocycles. The zero-order valence-corrected chi connectivity index (χ0v) is 11.0. The second kappa shape index (κ2) is 5.04. The molecule has 0 bridgehead atoms. The molecule has 17 heavy (non-hydrogen) atoms. The number of aliphatic carboxylic acids is 1. The van der Waals surface area contributed by atoms with E-state index in [1.807, 2.05) is 25.7 Å². The summed E-state index contributed by atoms with van der Waals surface area (Å²) < 4.78 is 0. The van der Waals surface area contributed by atoms with Gasteiger partial charge in [-0.3, -0.25) is 14.5 Å². The minimum atomic E-state index is -0.751. The van der Waals surface area contributed by atoms with Gasteiger partial charge in [-0.05, 0) is 19.3 Å². The number of carboxylic acids is 1. The first-order valence-corrected chi connectivity index (χ1v) is 6.04. The fourth-order valence-electron chi connectivity index (χ4n) is 2.46. The fourth-order valence-corrected chi connectivity index (χ4v) is 2.46. The predicted octanol–water partition coefficient (Wildman–Crippen LogP) is 0.554. The normalized spacial score (nSPS) is 27.1. The molecule has 0 aliphatic carbocycles. The van der Waals surface area contributed by atoms with Gasteiger partial charge in [0, 0.05) is 20.1 Å². The third-order valence-electron chi connectivity index (χ3n) is 4.04. The Hall–Kier alpha value is -1.10. The van der Waals surface area contributed by atoms with Gasteiger partial charge in [0.25, 0.3) is 0 Å². The number of hydrogen-bond acceptors (Lipinski definition) is 3. The summed E-state index contributed by atoms with van der Waals surface area (Å²) in [4.78, 5) is 24.9. The molecule has 5 nitrogen and oxygen atoms in total. The van der Waals surface area contributed by atoms with E-state index >= 15 is 0 Å². The van der Waals surface area contributed by atoms with Crippen LogP contribution < -0.4 is 5.32 Å². The summed E-state index contributed by atoms with van der Waals surface area (Å²) in [6.07, 6.45) is 0.612. The molecule has 0 aromatic rings. The highest BCUT2D eigenvalue weighted by molar-refractivity contribution is 5.81. The lowest BCUT2D eigenvalue weighted by Gasteiger charge is -2.30. The van der Waals surface area contributed by atoms with Crippen molar-refractivity contribution in [3.05, 3.63) is 0 Å². The van der Waals surface area contributed by atoms with Crippen molar-refractivity contribution in [3.8, 4) is 0 Å². The van der Waals surface area contributed by atoms with Gasteiger partial charge in [-0.25, -0.2) is 0 Å². The lowest BCUT2D eigenvalue weighted by Crippen LogP contribution is -2.46. The maximum absolute atomic E-state index is 11.5. The molecular formula is C12H22N2O3. The van der Waals surface area contributed by atoms with Crippen LogP contribution in [0.15, 0.2) is 0 Å². The van der Waals surface area contributed by atoms with Gasteiger partial charge in [-0.1, -0.05) is 13.8 Å². The van der Waals surface area contributed by atoms with E-state index in [0.29, 0.717) is 19.5 Å². The SMILES string of the molecule is CNC(=O)C(C)N1CCC(C(=O)O)(C(C)C)C1. The van der Waals surface area contributed by atoms with Gasteiger partial charge < -0.3 is 10.4 Å². The van der Waals surface area contributed by atoms with Crippen LogP contribution in [-0.4, -0.2) is 48.1 Å². The monoisotopic (exact) mass is 242 g/mol. The Morgan fingerprint density at radius 1 is 1.35 bits per heavy atom. The van der Waals surface area contributed by atoms with Crippen molar-refractivity contribution in [1.29, 1.82) is 0 Å². The molecule has 0 aromatic carbocycles. The number of nitrogens with zero attached hydrogens (tertiary/aromatic N) is 1. The Kier molecular flexibility index (Phi) is 4.14. The van der Waals surface area contributed by atoms with Gasteiger partial charge in [0.15, 0.2) is 0 Å². The van der Waals surface area contributed by atoms with Gasteiger partial charge in [0.1, 0.15) is 0 Å². The second-order valence-electron chi connectivity index (χ2n) is 5.13. The summed E-state index contributed by atoms with van der Waals surface area (Å²) in [5.74, 6) is -0.740. The van der Waals surface area contributed by atoms with Gasteiger partial charge in [-0.15, -0.1) is 0 Å². The van der Waals surface area contributed by atoms with Gasteiger partial charge in [0.2, 0.25) is 5.91 Å². The van der Waals surface area contributed by atoms with Crippen LogP contribution in [0.3, 0.4) is 0 Å². The molecule has 98 valence electrons. The smallest absolute Gasteiger partial charge is 0.311 e. The highest BCUT2D eigenvalue weighted by Crippen LogP contribution is 2.38. The number of rotatable bonds is 4. The van der Waals surface area contributed by atoms with Crippen LogP contribution in [0.4, 0.5) is 0 Å².